The average molecular weight is 266 g/mol. The van der Waals surface area contributed by atoms with Crippen LogP contribution >= 0.6 is 11.3 Å². The largest absolute Gasteiger partial charge is 0.481 e. The number of hydrogen-bond donors (Lipinski definition) is 3. The zero-order chi connectivity index (χ0) is 13.0. The van der Waals surface area contributed by atoms with E-state index in [0.29, 0.717) is 0 Å². The molecule has 7 nitrogen and oxygen atoms in total. The second-order valence-electron chi connectivity index (χ2n) is 3.47. The molecule has 0 aromatic carbocycles. The molecule has 8 heteroatoms. The number of carboxylic acids is 1. The quantitative estimate of drug-likeness (QED) is 0.742. The van der Waals surface area contributed by atoms with E-state index in [1.54, 1.807) is 12.1 Å². The molecule has 2 aromatic rings. The van der Waals surface area contributed by atoms with E-state index in [0.717, 1.165) is 4.88 Å². The molecule has 2 rings (SSSR count). The Morgan fingerprint density at radius 2 is 2.39 bits per heavy atom. The van der Waals surface area contributed by atoms with Crippen molar-refractivity contribution in [2.24, 2.45) is 0 Å². The maximum absolute atomic E-state index is 11.8. The van der Waals surface area contributed by atoms with Gasteiger partial charge in [0.25, 0.3) is 5.91 Å². The van der Waals surface area contributed by atoms with Gasteiger partial charge in [-0.25, -0.2) is 4.98 Å². The van der Waals surface area contributed by atoms with Crippen molar-refractivity contribution in [3.8, 4) is 0 Å². The SMILES string of the molecule is O=C(O)CC(NC(=O)c1ncn[nH]1)c1cccs1. The zero-order valence-corrected chi connectivity index (χ0v) is 9.98. The maximum atomic E-state index is 11.8. The fourth-order valence-electron chi connectivity index (χ4n) is 1.43. The van der Waals surface area contributed by atoms with Crippen molar-refractivity contribution >= 4 is 23.2 Å². The summed E-state index contributed by atoms with van der Waals surface area (Å²) in [5.74, 6) is -1.40. The smallest absolute Gasteiger partial charge is 0.305 e. The Kier molecular flexibility index (Phi) is 3.68. The number of rotatable bonds is 5. The van der Waals surface area contributed by atoms with Crippen LogP contribution in [0.15, 0.2) is 23.8 Å². The fourth-order valence-corrected chi connectivity index (χ4v) is 2.21. The lowest BCUT2D eigenvalue weighted by molar-refractivity contribution is -0.137. The highest BCUT2D eigenvalue weighted by atomic mass is 32.1. The summed E-state index contributed by atoms with van der Waals surface area (Å²) in [6.45, 7) is 0. The number of aromatic amines is 1. The van der Waals surface area contributed by atoms with Gasteiger partial charge < -0.3 is 10.4 Å². The van der Waals surface area contributed by atoms with Gasteiger partial charge in [0.1, 0.15) is 6.33 Å². The number of carboxylic acid groups (broad SMARTS) is 1. The molecule has 0 fully saturated rings. The standard InChI is InChI=1S/C10H10N4O3S/c15-8(16)4-6(7-2-1-3-18-7)13-10(17)9-11-5-12-14-9/h1-3,5-6H,4H2,(H,13,17)(H,15,16)(H,11,12,14). The zero-order valence-electron chi connectivity index (χ0n) is 9.16. The molecule has 0 aliphatic rings. The monoisotopic (exact) mass is 266 g/mol. The van der Waals surface area contributed by atoms with Crippen LogP contribution in [0.5, 0.6) is 0 Å². The maximum Gasteiger partial charge on any atom is 0.305 e. The Morgan fingerprint density at radius 3 is 2.94 bits per heavy atom. The van der Waals surface area contributed by atoms with Crippen molar-refractivity contribution in [1.29, 1.82) is 0 Å². The number of carbonyl (C=O) groups excluding carboxylic acids is 1. The molecule has 2 aromatic heterocycles. The van der Waals surface area contributed by atoms with Crippen LogP contribution < -0.4 is 5.32 Å². The summed E-state index contributed by atoms with van der Waals surface area (Å²) in [7, 11) is 0. The summed E-state index contributed by atoms with van der Waals surface area (Å²) in [4.78, 5) is 27.0. The lowest BCUT2D eigenvalue weighted by atomic mass is 10.1. The third-order valence-electron chi connectivity index (χ3n) is 2.20. The third kappa shape index (κ3) is 2.92. The van der Waals surface area contributed by atoms with Crippen LogP contribution in [0, 0.1) is 0 Å². The molecule has 0 saturated carbocycles. The van der Waals surface area contributed by atoms with Crippen LogP contribution in [0.1, 0.15) is 28.0 Å². The Bertz CT molecular complexity index is 523. The molecule has 94 valence electrons. The van der Waals surface area contributed by atoms with E-state index in [2.05, 4.69) is 20.5 Å². The van der Waals surface area contributed by atoms with Crippen molar-refractivity contribution < 1.29 is 14.7 Å². The van der Waals surface area contributed by atoms with Gasteiger partial charge in [-0.15, -0.1) is 11.3 Å². The highest BCUT2D eigenvalue weighted by molar-refractivity contribution is 7.10. The number of aliphatic carboxylic acids is 1. The molecule has 1 unspecified atom stereocenters. The van der Waals surface area contributed by atoms with E-state index in [1.807, 2.05) is 5.38 Å². The van der Waals surface area contributed by atoms with Gasteiger partial charge in [-0.2, -0.15) is 5.10 Å². The summed E-state index contributed by atoms with van der Waals surface area (Å²) >= 11 is 1.39. The summed E-state index contributed by atoms with van der Waals surface area (Å²) in [6.07, 6.45) is 1.03. The molecule has 18 heavy (non-hydrogen) atoms. The third-order valence-corrected chi connectivity index (χ3v) is 3.19. The number of H-pyrrole nitrogens is 1. The molecule has 2 heterocycles. The van der Waals surface area contributed by atoms with Crippen LogP contribution in [-0.2, 0) is 4.79 Å². The molecular weight excluding hydrogens is 256 g/mol. The normalized spacial score (nSPS) is 12.0. The second kappa shape index (κ2) is 5.41. The number of nitrogens with zero attached hydrogens (tertiary/aromatic N) is 2. The van der Waals surface area contributed by atoms with Gasteiger partial charge in [0.05, 0.1) is 12.5 Å². The summed E-state index contributed by atoms with van der Waals surface area (Å²) in [5, 5.41) is 19.3. The molecule has 0 bridgehead atoms. The first-order valence-electron chi connectivity index (χ1n) is 5.08. The number of nitrogens with one attached hydrogen (secondary N) is 2. The minimum Gasteiger partial charge on any atom is -0.481 e. The summed E-state index contributed by atoms with van der Waals surface area (Å²) in [6, 6.07) is 3.01. The molecule has 3 N–H and O–H groups in total. The van der Waals surface area contributed by atoms with Gasteiger partial charge in [-0.05, 0) is 11.4 Å². The van der Waals surface area contributed by atoms with Crippen molar-refractivity contribution in [3.05, 3.63) is 34.5 Å². The summed E-state index contributed by atoms with van der Waals surface area (Å²) in [5.41, 5.74) is 0. The van der Waals surface area contributed by atoms with Gasteiger partial charge in [0, 0.05) is 4.88 Å². The van der Waals surface area contributed by atoms with Crippen molar-refractivity contribution in [3.63, 3.8) is 0 Å². The minimum atomic E-state index is -0.980. The first kappa shape index (κ1) is 12.2. The van der Waals surface area contributed by atoms with E-state index in [4.69, 9.17) is 5.11 Å². The van der Waals surface area contributed by atoms with Crippen LogP contribution in [0.3, 0.4) is 0 Å². The van der Waals surface area contributed by atoms with Crippen molar-refractivity contribution in [2.45, 2.75) is 12.5 Å². The summed E-state index contributed by atoms with van der Waals surface area (Å²) < 4.78 is 0. The number of thiophene rings is 1. The minimum absolute atomic E-state index is 0.0574. The van der Waals surface area contributed by atoms with Crippen LogP contribution in [0.4, 0.5) is 0 Å². The van der Waals surface area contributed by atoms with Gasteiger partial charge in [0.15, 0.2) is 0 Å². The molecular formula is C10H10N4O3S. The van der Waals surface area contributed by atoms with Gasteiger partial charge in [-0.3, -0.25) is 14.7 Å². The van der Waals surface area contributed by atoms with E-state index in [-0.39, 0.29) is 12.2 Å². The Hall–Kier alpha value is -2.22. The molecule has 0 aliphatic heterocycles. The molecule has 0 radical (unpaired) electrons. The Balaban J connectivity index is 2.11. The lowest BCUT2D eigenvalue weighted by Crippen LogP contribution is -2.30. The van der Waals surface area contributed by atoms with Gasteiger partial charge in [-0.1, -0.05) is 6.07 Å². The number of amides is 1. The number of aromatic nitrogens is 3. The van der Waals surface area contributed by atoms with Gasteiger partial charge >= 0.3 is 5.97 Å². The average Bonchev–Trinajstić information content (AvgIpc) is 3.01. The molecule has 0 saturated heterocycles. The number of hydrogen-bond acceptors (Lipinski definition) is 5. The van der Waals surface area contributed by atoms with Crippen LogP contribution in [-0.4, -0.2) is 32.2 Å². The van der Waals surface area contributed by atoms with E-state index in [1.165, 1.54) is 17.7 Å². The fraction of sp³-hybridized carbons (Fsp3) is 0.200. The Morgan fingerprint density at radius 1 is 1.56 bits per heavy atom. The highest BCUT2D eigenvalue weighted by Crippen LogP contribution is 2.22. The second-order valence-corrected chi connectivity index (χ2v) is 4.45. The molecule has 0 aliphatic carbocycles. The highest BCUT2D eigenvalue weighted by Gasteiger charge is 2.20. The predicted octanol–water partition coefficient (Wildman–Crippen LogP) is 0.812. The van der Waals surface area contributed by atoms with Crippen molar-refractivity contribution in [2.75, 3.05) is 0 Å². The Labute approximate surface area is 106 Å². The van der Waals surface area contributed by atoms with Crippen molar-refractivity contribution in [1.82, 2.24) is 20.5 Å². The molecule has 1 amide bonds. The molecule has 0 spiro atoms. The van der Waals surface area contributed by atoms with E-state index >= 15 is 0 Å². The first-order chi connectivity index (χ1) is 8.66. The van der Waals surface area contributed by atoms with Crippen LogP contribution in [0.25, 0.3) is 0 Å². The van der Waals surface area contributed by atoms with E-state index in [9.17, 15) is 9.59 Å². The predicted molar refractivity (Wildman–Crippen MR) is 63.2 cm³/mol. The molecule has 1 atom stereocenters. The van der Waals surface area contributed by atoms with E-state index < -0.39 is 17.9 Å². The van der Waals surface area contributed by atoms with Gasteiger partial charge in [0.2, 0.25) is 5.82 Å². The lowest BCUT2D eigenvalue weighted by Gasteiger charge is -2.14. The number of carbonyl (C=O) groups is 2. The first-order valence-corrected chi connectivity index (χ1v) is 5.96. The topological polar surface area (TPSA) is 108 Å². The van der Waals surface area contributed by atoms with Crippen LogP contribution in [0.2, 0.25) is 0 Å².